The summed E-state index contributed by atoms with van der Waals surface area (Å²) in [7, 11) is 0. The SMILES string of the molecule is CCCCCCCCc1cnc(-c2ccc(CCCCCCCCC(C)CC)cc2)nc1. The third-order valence-electron chi connectivity index (χ3n) is 6.85. The van der Waals surface area contributed by atoms with Crippen LogP contribution in [-0.4, -0.2) is 9.97 Å². The Morgan fingerprint density at radius 2 is 1.16 bits per heavy atom. The second kappa shape index (κ2) is 16.9. The van der Waals surface area contributed by atoms with E-state index in [2.05, 4.69) is 55.0 Å². The minimum atomic E-state index is 0.848. The van der Waals surface area contributed by atoms with Crippen LogP contribution in [-0.2, 0) is 12.8 Å². The molecule has 2 rings (SSSR count). The first-order valence-corrected chi connectivity index (χ1v) is 13.6. The maximum Gasteiger partial charge on any atom is 0.159 e. The lowest BCUT2D eigenvalue weighted by atomic mass is 9.99. The van der Waals surface area contributed by atoms with Crippen LogP contribution >= 0.6 is 0 Å². The van der Waals surface area contributed by atoms with Crippen molar-refractivity contribution in [2.24, 2.45) is 5.92 Å². The number of benzene rings is 1. The third-order valence-corrected chi connectivity index (χ3v) is 6.85. The van der Waals surface area contributed by atoms with Crippen LogP contribution in [0, 0.1) is 5.92 Å². The molecule has 0 N–H and O–H groups in total. The molecule has 0 saturated heterocycles. The standard InChI is InChI=1S/C30H48N2/c1-4-6-7-8-12-16-19-28-24-31-30(32-25-28)29-22-20-27(21-23-29)18-15-13-10-9-11-14-17-26(3)5-2/h20-26H,4-19H2,1-3H3. The molecule has 178 valence electrons. The molecule has 0 fully saturated rings. The van der Waals surface area contributed by atoms with Gasteiger partial charge in [0.2, 0.25) is 0 Å². The molecule has 1 atom stereocenters. The van der Waals surface area contributed by atoms with Gasteiger partial charge < -0.3 is 0 Å². The Morgan fingerprint density at radius 1 is 0.625 bits per heavy atom. The van der Waals surface area contributed by atoms with E-state index < -0.39 is 0 Å². The molecule has 1 unspecified atom stereocenters. The lowest BCUT2D eigenvalue weighted by Gasteiger charge is -2.07. The minimum absolute atomic E-state index is 0.848. The molecule has 0 amide bonds. The zero-order valence-corrected chi connectivity index (χ0v) is 21.2. The molecule has 0 spiro atoms. The maximum atomic E-state index is 4.62. The second-order valence-electron chi connectivity index (χ2n) is 9.80. The molecule has 0 aliphatic rings. The van der Waals surface area contributed by atoms with E-state index in [0.29, 0.717) is 0 Å². The Balaban J connectivity index is 1.61. The largest absolute Gasteiger partial charge is 0.236 e. The van der Waals surface area contributed by atoms with E-state index in [-0.39, 0.29) is 0 Å². The summed E-state index contributed by atoms with van der Waals surface area (Å²) in [6, 6.07) is 8.89. The van der Waals surface area contributed by atoms with Gasteiger partial charge in [-0.05, 0) is 42.7 Å². The molecular weight excluding hydrogens is 388 g/mol. The third kappa shape index (κ3) is 11.2. The van der Waals surface area contributed by atoms with Crippen LogP contribution in [0.5, 0.6) is 0 Å². The van der Waals surface area contributed by atoms with Crippen molar-refractivity contribution in [3.63, 3.8) is 0 Å². The van der Waals surface area contributed by atoms with Gasteiger partial charge in [-0.2, -0.15) is 0 Å². The van der Waals surface area contributed by atoms with Crippen molar-refractivity contribution in [1.29, 1.82) is 0 Å². The predicted octanol–water partition coefficient (Wildman–Crippen LogP) is 9.37. The van der Waals surface area contributed by atoms with E-state index in [1.54, 1.807) is 0 Å². The summed E-state index contributed by atoms with van der Waals surface area (Å²) in [5.41, 5.74) is 3.83. The predicted molar refractivity (Wildman–Crippen MR) is 140 cm³/mol. The Kier molecular flexibility index (Phi) is 14.0. The zero-order chi connectivity index (χ0) is 22.9. The molecular formula is C30H48N2. The second-order valence-corrected chi connectivity index (χ2v) is 9.80. The van der Waals surface area contributed by atoms with Gasteiger partial charge in [-0.15, -0.1) is 0 Å². The zero-order valence-electron chi connectivity index (χ0n) is 21.2. The van der Waals surface area contributed by atoms with E-state index >= 15 is 0 Å². The topological polar surface area (TPSA) is 25.8 Å². The molecule has 0 bridgehead atoms. The molecule has 2 nitrogen and oxygen atoms in total. The summed E-state index contributed by atoms with van der Waals surface area (Å²) in [5, 5.41) is 0. The average Bonchev–Trinajstić information content (AvgIpc) is 2.83. The molecule has 0 aliphatic heterocycles. The minimum Gasteiger partial charge on any atom is -0.236 e. The van der Waals surface area contributed by atoms with E-state index in [1.807, 2.05) is 12.4 Å². The molecule has 2 heteroatoms. The normalized spacial score (nSPS) is 12.2. The molecule has 0 radical (unpaired) electrons. The van der Waals surface area contributed by atoms with Crippen molar-refractivity contribution < 1.29 is 0 Å². The summed E-state index contributed by atoms with van der Waals surface area (Å²) < 4.78 is 0. The Morgan fingerprint density at radius 3 is 1.75 bits per heavy atom. The number of nitrogens with zero attached hydrogens (tertiary/aromatic N) is 2. The van der Waals surface area contributed by atoms with Crippen LogP contribution in [0.15, 0.2) is 36.7 Å². The van der Waals surface area contributed by atoms with Crippen molar-refractivity contribution >= 4 is 0 Å². The first kappa shape index (κ1) is 26.6. The van der Waals surface area contributed by atoms with Crippen LogP contribution in [0.4, 0.5) is 0 Å². The van der Waals surface area contributed by atoms with Crippen LogP contribution in [0.2, 0.25) is 0 Å². The fourth-order valence-electron chi connectivity index (χ4n) is 4.30. The Labute approximate surface area is 198 Å². The van der Waals surface area contributed by atoms with Crippen LogP contribution < -0.4 is 0 Å². The van der Waals surface area contributed by atoms with Crippen molar-refractivity contribution in [2.45, 2.75) is 124 Å². The van der Waals surface area contributed by atoms with Gasteiger partial charge in [-0.3, -0.25) is 0 Å². The van der Waals surface area contributed by atoms with Gasteiger partial charge in [-0.1, -0.05) is 122 Å². The molecule has 32 heavy (non-hydrogen) atoms. The summed E-state index contributed by atoms with van der Waals surface area (Å²) in [6.45, 7) is 6.95. The van der Waals surface area contributed by atoms with Crippen molar-refractivity contribution in [2.75, 3.05) is 0 Å². The highest BCUT2D eigenvalue weighted by Crippen LogP contribution is 2.18. The quantitative estimate of drug-likeness (QED) is 0.217. The number of hydrogen-bond donors (Lipinski definition) is 0. The summed E-state index contributed by atoms with van der Waals surface area (Å²) in [5.74, 6) is 1.76. The highest BCUT2D eigenvalue weighted by molar-refractivity contribution is 5.55. The fourth-order valence-corrected chi connectivity index (χ4v) is 4.30. The number of rotatable bonds is 18. The first-order chi connectivity index (χ1) is 15.7. The van der Waals surface area contributed by atoms with E-state index in [0.717, 1.165) is 23.7 Å². The number of unbranched alkanes of at least 4 members (excludes halogenated alkanes) is 10. The molecule has 1 aromatic heterocycles. The highest BCUT2D eigenvalue weighted by atomic mass is 14.9. The van der Waals surface area contributed by atoms with Gasteiger partial charge >= 0.3 is 0 Å². The van der Waals surface area contributed by atoms with Crippen LogP contribution in [0.3, 0.4) is 0 Å². The van der Waals surface area contributed by atoms with E-state index in [4.69, 9.17) is 0 Å². The van der Waals surface area contributed by atoms with Gasteiger partial charge in [0.15, 0.2) is 5.82 Å². The Bertz CT molecular complexity index is 690. The number of aryl methyl sites for hydroxylation is 2. The summed E-state index contributed by atoms with van der Waals surface area (Å²) in [6.07, 6.45) is 25.3. The fraction of sp³-hybridized carbons (Fsp3) is 0.667. The summed E-state index contributed by atoms with van der Waals surface area (Å²) in [4.78, 5) is 9.25. The molecule has 1 aromatic carbocycles. The highest BCUT2D eigenvalue weighted by Gasteiger charge is 2.03. The maximum absolute atomic E-state index is 4.62. The molecule has 1 heterocycles. The van der Waals surface area contributed by atoms with Gasteiger partial charge in [-0.25, -0.2) is 9.97 Å². The van der Waals surface area contributed by atoms with Crippen molar-refractivity contribution in [3.05, 3.63) is 47.8 Å². The molecule has 2 aromatic rings. The Hall–Kier alpha value is -1.70. The molecule has 0 aliphatic carbocycles. The monoisotopic (exact) mass is 436 g/mol. The van der Waals surface area contributed by atoms with Crippen LogP contribution in [0.1, 0.15) is 122 Å². The van der Waals surface area contributed by atoms with E-state index in [9.17, 15) is 0 Å². The molecule has 0 saturated carbocycles. The number of hydrogen-bond acceptors (Lipinski definition) is 2. The first-order valence-electron chi connectivity index (χ1n) is 13.6. The van der Waals surface area contributed by atoms with Crippen LogP contribution in [0.25, 0.3) is 11.4 Å². The van der Waals surface area contributed by atoms with Gasteiger partial charge in [0.1, 0.15) is 0 Å². The summed E-state index contributed by atoms with van der Waals surface area (Å²) >= 11 is 0. The lowest BCUT2D eigenvalue weighted by molar-refractivity contribution is 0.471. The van der Waals surface area contributed by atoms with Gasteiger partial charge in [0.05, 0.1) is 0 Å². The lowest BCUT2D eigenvalue weighted by Crippen LogP contribution is -1.94. The van der Waals surface area contributed by atoms with Crippen molar-refractivity contribution in [1.82, 2.24) is 9.97 Å². The van der Waals surface area contributed by atoms with E-state index in [1.165, 1.54) is 107 Å². The smallest absolute Gasteiger partial charge is 0.159 e. The average molecular weight is 437 g/mol. The number of aromatic nitrogens is 2. The van der Waals surface area contributed by atoms with Gasteiger partial charge in [0, 0.05) is 18.0 Å². The van der Waals surface area contributed by atoms with Crippen molar-refractivity contribution in [3.8, 4) is 11.4 Å². The van der Waals surface area contributed by atoms with Gasteiger partial charge in [0.25, 0.3) is 0 Å².